The summed E-state index contributed by atoms with van der Waals surface area (Å²) in [5, 5.41) is 11.2. The van der Waals surface area contributed by atoms with Gasteiger partial charge in [-0.05, 0) is 43.7 Å². The zero-order chi connectivity index (χ0) is 11.5. The predicted octanol–water partition coefficient (Wildman–Crippen LogP) is 3.27. The average molecular weight is 233 g/mol. The zero-order valence-electron chi connectivity index (χ0n) is 10.5. The van der Waals surface area contributed by atoms with Crippen LogP contribution in [0.2, 0.25) is 0 Å². The van der Waals surface area contributed by atoms with Crippen molar-refractivity contribution in [3.8, 4) is 0 Å². The van der Waals surface area contributed by atoms with Gasteiger partial charge in [0.25, 0.3) is 0 Å². The van der Waals surface area contributed by atoms with Crippen LogP contribution in [0.25, 0.3) is 0 Å². The van der Waals surface area contributed by atoms with Crippen LogP contribution < -0.4 is 5.32 Å². The van der Waals surface area contributed by atoms with Crippen LogP contribution in [0.5, 0.6) is 0 Å². The van der Waals surface area contributed by atoms with Crippen LogP contribution in [-0.4, -0.2) is 16.7 Å². The molecule has 2 N–H and O–H groups in total. The number of aromatic amines is 1. The van der Waals surface area contributed by atoms with E-state index in [1.54, 1.807) is 0 Å². The van der Waals surface area contributed by atoms with Gasteiger partial charge in [0, 0.05) is 6.04 Å². The van der Waals surface area contributed by atoms with Crippen LogP contribution in [0.3, 0.4) is 0 Å². The minimum Gasteiger partial charge on any atom is -0.309 e. The maximum Gasteiger partial charge on any atom is 0.0556 e. The van der Waals surface area contributed by atoms with E-state index in [9.17, 15) is 0 Å². The largest absolute Gasteiger partial charge is 0.309 e. The number of hydrogen-bond acceptors (Lipinski definition) is 2. The van der Waals surface area contributed by atoms with Crippen LogP contribution >= 0.6 is 0 Å². The first-order chi connectivity index (χ1) is 8.45. The van der Waals surface area contributed by atoms with Crippen molar-refractivity contribution in [3.05, 3.63) is 17.5 Å². The van der Waals surface area contributed by atoms with Gasteiger partial charge in [0.15, 0.2) is 0 Å². The van der Waals surface area contributed by atoms with Crippen molar-refractivity contribution in [2.24, 2.45) is 0 Å². The standard InChI is InChI=1S/C14H23N3/c1-2-6-11(7-3-1)12-10-16-17-14(12)13-8-4-5-9-15-13/h10-11,13,15H,1-9H2,(H,16,17). The molecule has 1 aliphatic carbocycles. The molecule has 2 fully saturated rings. The van der Waals surface area contributed by atoms with Gasteiger partial charge >= 0.3 is 0 Å². The summed E-state index contributed by atoms with van der Waals surface area (Å²) in [7, 11) is 0. The molecular formula is C14H23N3. The second-order valence-corrected chi connectivity index (χ2v) is 5.58. The minimum atomic E-state index is 0.531. The Hall–Kier alpha value is -0.830. The van der Waals surface area contributed by atoms with Crippen LogP contribution in [0, 0.1) is 0 Å². The van der Waals surface area contributed by atoms with E-state index in [-0.39, 0.29) is 0 Å². The lowest BCUT2D eigenvalue weighted by atomic mass is 9.83. The molecule has 94 valence electrons. The topological polar surface area (TPSA) is 40.7 Å². The number of hydrogen-bond donors (Lipinski definition) is 2. The average Bonchev–Trinajstić information content (AvgIpc) is 2.90. The Morgan fingerprint density at radius 2 is 1.82 bits per heavy atom. The fourth-order valence-electron chi connectivity index (χ4n) is 3.42. The number of rotatable bonds is 2. The van der Waals surface area contributed by atoms with E-state index in [2.05, 4.69) is 21.7 Å². The highest BCUT2D eigenvalue weighted by molar-refractivity contribution is 5.25. The summed E-state index contributed by atoms with van der Waals surface area (Å²) >= 11 is 0. The summed E-state index contributed by atoms with van der Waals surface area (Å²) in [6.45, 7) is 1.16. The lowest BCUT2D eigenvalue weighted by molar-refractivity contribution is 0.392. The van der Waals surface area contributed by atoms with Gasteiger partial charge in [-0.2, -0.15) is 5.10 Å². The number of H-pyrrole nitrogens is 1. The van der Waals surface area contributed by atoms with E-state index in [4.69, 9.17) is 0 Å². The van der Waals surface area contributed by atoms with Crippen molar-refractivity contribution < 1.29 is 0 Å². The molecule has 3 rings (SSSR count). The molecule has 1 saturated carbocycles. The van der Waals surface area contributed by atoms with E-state index in [1.807, 2.05) is 0 Å². The summed E-state index contributed by atoms with van der Waals surface area (Å²) in [5.74, 6) is 0.765. The molecule has 0 spiro atoms. The van der Waals surface area contributed by atoms with Crippen molar-refractivity contribution in [3.63, 3.8) is 0 Å². The first-order valence-corrected chi connectivity index (χ1v) is 7.21. The molecule has 1 aliphatic heterocycles. The molecule has 0 aromatic carbocycles. The molecule has 1 saturated heterocycles. The third-order valence-corrected chi connectivity index (χ3v) is 4.40. The maximum absolute atomic E-state index is 4.31. The Balaban J connectivity index is 1.77. The van der Waals surface area contributed by atoms with Gasteiger partial charge in [-0.25, -0.2) is 0 Å². The van der Waals surface area contributed by atoms with E-state index in [0.29, 0.717) is 6.04 Å². The second-order valence-electron chi connectivity index (χ2n) is 5.58. The molecule has 0 amide bonds. The molecule has 0 bridgehead atoms. The van der Waals surface area contributed by atoms with Gasteiger partial charge in [0.2, 0.25) is 0 Å². The maximum atomic E-state index is 4.31. The summed E-state index contributed by atoms with van der Waals surface area (Å²) in [4.78, 5) is 0. The van der Waals surface area contributed by atoms with Gasteiger partial charge in [-0.1, -0.05) is 25.7 Å². The molecule has 1 atom stereocenters. The quantitative estimate of drug-likeness (QED) is 0.823. The second kappa shape index (κ2) is 5.21. The van der Waals surface area contributed by atoms with Crippen LogP contribution in [-0.2, 0) is 0 Å². The minimum absolute atomic E-state index is 0.531. The van der Waals surface area contributed by atoms with Crippen LogP contribution in [0.15, 0.2) is 6.20 Å². The SMILES string of the molecule is c1n[nH]c(C2CCCCN2)c1C1CCCCC1. The van der Waals surface area contributed by atoms with Gasteiger partial charge in [0.05, 0.1) is 11.9 Å². The summed E-state index contributed by atoms with van der Waals surface area (Å²) < 4.78 is 0. The fourth-order valence-corrected chi connectivity index (χ4v) is 3.42. The Kier molecular flexibility index (Phi) is 3.46. The number of nitrogens with one attached hydrogen (secondary N) is 2. The molecule has 17 heavy (non-hydrogen) atoms. The molecule has 3 heteroatoms. The van der Waals surface area contributed by atoms with E-state index < -0.39 is 0 Å². The highest BCUT2D eigenvalue weighted by Gasteiger charge is 2.25. The normalized spacial score (nSPS) is 27.2. The van der Waals surface area contributed by atoms with Crippen molar-refractivity contribution in [1.29, 1.82) is 0 Å². The fraction of sp³-hybridized carbons (Fsp3) is 0.786. The highest BCUT2D eigenvalue weighted by Crippen LogP contribution is 2.36. The van der Waals surface area contributed by atoms with Gasteiger partial charge < -0.3 is 5.32 Å². The van der Waals surface area contributed by atoms with E-state index >= 15 is 0 Å². The first-order valence-electron chi connectivity index (χ1n) is 7.21. The van der Waals surface area contributed by atoms with E-state index in [1.165, 1.54) is 62.6 Å². The number of piperidine rings is 1. The predicted molar refractivity (Wildman–Crippen MR) is 69.0 cm³/mol. The molecule has 2 aliphatic rings. The van der Waals surface area contributed by atoms with Gasteiger partial charge in [-0.3, -0.25) is 5.10 Å². The molecular weight excluding hydrogens is 210 g/mol. The monoisotopic (exact) mass is 233 g/mol. The Bertz CT molecular complexity index is 314. The van der Waals surface area contributed by atoms with Crippen molar-refractivity contribution in [1.82, 2.24) is 15.5 Å². The molecule has 0 radical (unpaired) electrons. The lowest BCUT2D eigenvalue weighted by Crippen LogP contribution is -2.28. The Morgan fingerprint density at radius 1 is 1.00 bits per heavy atom. The smallest absolute Gasteiger partial charge is 0.0556 e. The van der Waals surface area contributed by atoms with Crippen LogP contribution in [0.4, 0.5) is 0 Å². The van der Waals surface area contributed by atoms with Crippen molar-refractivity contribution in [2.45, 2.75) is 63.3 Å². The van der Waals surface area contributed by atoms with Gasteiger partial charge in [-0.15, -0.1) is 0 Å². The highest BCUT2D eigenvalue weighted by atomic mass is 15.1. The molecule has 1 aromatic heterocycles. The third-order valence-electron chi connectivity index (χ3n) is 4.40. The first kappa shape index (κ1) is 11.3. The van der Waals surface area contributed by atoms with Crippen molar-refractivity contribution >= 4 is 0 Å². The van der Waals surface area contributed by atoms with Gasteiger partial charge in [0.1, 0.15) is 0 Å². The summed E-state index contributed by atoms with van der Waals surface area (Å²) in [6.07, 6.45) is 13.0. The summed E-state index contributed by atoms with van der Waals surface area (Å²) in [6, 6.07) is 0.531. The van der Waals surface area contributed by atoms with Crippen molar-refractivity contribution in [2.75, 3.05) is 6.54 Å². The zero-order valence-corrected chi connectivity index (χ0v) is 10.5. The summed E-state index contributed by atoms with van der Waals surface area (Å²) in [5.41, 5.74) is 2.89. The Morgan fingerprint density at radius 3 is 2.59 bits per heavy atom. The molecule has 1 aromatic rings. The van der Waals surface area contributed by atoms with Crippen LogP contribution in [0.1, 0.15) is 74.6 Å². The third kappa shape index (κ3) is 2.39. The Labute approximate surface area is 103 Å². The molecule has 2 heterocycles. The molecule has 3 nitrogen and oxygen atoms in total. The number of aromatic nitrogens is 2. The lowest BCUT2D eigenvalue weighted by Gasteiger charge is -2.27. The molecule has 1 unspecified atom stereocenters. The van der Waals surface area contributed by atoms with E-state index in [0.717, 1.165) is 12.5 Å². The number of nitrogens with zero attached hydrogens (tertiary/aromatic N) is 1.